The van der Waals surface area contributed by atoms with Gasteiger partial charge in [-0.2, -0.15) is 4.72 Å². The largest absolute Gasteiger partial charge is 0.312 e. The van der Waals surface area contributed by atoms with Gasteiger partial charge in [-0.15, -0.1) is 11.3 Å². The summed E-state index contributed by atoms with van der Waals surface area (Å²) < 4.78 is 27.3. The average Bonchev–Trinajstić information content (AvgIpc) is 3.17. The van der Waals surface area contributed by atoms with E-state index < -0.39 is 10.0 Å². The molecule has 1 amide bonds. The molecule has 0 saturated carbocycles. The summed E-state index contributed by atoms with van der Waals surface area (Å²) in [6, 6.07) is 10.9. The first-order chi connectivity index (χ1) is 13.0. The van der Waals surface area contributed by atoms with Crippen molar-refractivity contribution in [2.24, 2.45) is 0 Å². The van der Waals surface area contributed by atoms with Crippen molar-refractivity contribution in [1.29, 1.82) is 0 Å². The number of thiophene rings is 1. The Labute approximate surface area is 164 Å². The molecule has 0 bridgehead atoms. The van der Waals surface area contributed by atoms with Crippen LogP contribution < -0.4 is 9.62 Å². The number of aryl methyl sites for hydroxylation is 1. The Kier molecular flexibility index (Phi) is 6.32. The van der Waals surface area contributed by atoms with E-state index in [1.54, 1.807) is 11.0 Å². The van der Waals surface area contributed by atoms with Crippen molar-refractivity contribution < 1.29 is 13.2 Å². The van der Waals surface area contributed by atoms with Crippen LogP contribution in [0, 0.1) is 11.8 Å². The molecule has 2 heterocycles. The Morgan fingerprint density at radius 2 is 1.93 bits per heavy atom. The Balaban J connectivity index is 1.58. The molecular weight excluding hydrogens is 380 g/mol. The maximum atomic E-state index is 12.2. The van der Waals surface area contributed by atoms with Crippen molar-refractivity contribution in [3.05, 3.63) is 46.8 Å². The molecule has 0 spiro atoms. The fourth-order valence-corrected chi connectivity index (χ4v) is 5.11. The van der Waals surface area contributed by atoms with Crippen LogP contribution >= 0.6 is 11.3 Å². The van der Waals surface area contributed by atoms with Gasteiger partial charge in [0.1, 0.15) is 4.21 Å². The van der Waals surface area contributed by atoms with E-state index in [4.69, 9.17) is 0 Å². The lowest BCUT2D eigenvalue weighted by atomic mass is 10.1. The molecule has 1 aromatic carbocycles. The van der Waals surface area contributed by atoms with Gasteiger partial charge in [-0.3, -0.25) is 4.79 Å². The zero-order valence-electron chi connectivity index (χ0n) is 15.2. The van der Waals surface area contributed by atoms with E-state index in [1.807, 2.05) is 37.3 Å². The van der Waals surface area contributed by atoms with Crippen molar-refractivity contribution in [3.63, 3.8) is 0 Å². The minimum atomic E-state index is -3.51. The van der Waals surface area contributed by atoms with Crippen LogP contribution in [0.2, 0.25) is 0 Å². The number of hydrogen-bond acceptors (Lipinski definition) is 4. The normalized spacial score (nSPS) is 14.7. The fraction of sp³-hybridized carbons (Fsp3) is 0.350. The number of carbonyl (C=O) groups is 1. The summed E-state index contributed by atoms with van der Waals surface area (Å²) in [6.45, 7) is 2.80. The molecule has 0 atom stereocenters. The van der Waals surface area contributed by atoms with Gasteiger partial charge in [-0.25, -0.2) is 8.42 Å². The molecule has 142 valence electrons. The molecule has 0 aliphatic carbocycles. The highest BCUT2D eigenvalue weighted by atomic mass is 32.2. The summed E-state index contributed by atoms with van der Waals surface area (Å²) in [6.07, 6.45) is 3.40. The maximum absolute atomic E-state index is 12.2. The van der Waals surface area contributed by atoms with Gasteiger partial charge < -0.3 is 4.90 Å². The zero-order valence-corrected chi connectivity index (χ0v) is 16.8. The van der Waals surface area contributed by atoms with Gasteiger partial charge in [-0.1, -0.05) is 18.8 Å². The molecule has 1 saturated heterocycles. The van der Waals surface area contributed by atoms with E-state index in [9.17, 15) is 13.2 Å². The van der Waals surface area contributed by atoms with E-state index in [0.29, 0.717) is 10.6 Å². The molecule has 27 heavy (non-hydrogen) atoms. The van der Waals surface area contributed by atoms with Crippen molar-refractivity contribution in [2.45, 2.75) is 36.8 Å². The summed E-state index contributed by atoms with van der Waals surface area (Å²) >= 11 is 1.28. The first kappa shape index (κ1) is 19.6. The lowest BCUT2D eigenvalue weighted by Crippen LogP contribution is -2.35. The summed E-state index contributed by atoms with van der Waals surface area (Å²) in [4.78, 5) is 14.8. The third kappa shape index (κ3) is 4.98. The minimum absolute atomic E-state index is 0.0497. The van der Waals surface area contributed by atoms with Crippen LogP contribution in [0.3, 0.4) is 0 Å². The van der Waals surface area contributed by atoms with Crippen LogP contribution in [0.5, 0.6) is 0 Å². The van der Waals surface area contributed by atoms with Crippen molar-refractivity contribution >= 4 is 33.0 Å². The van der Waals surface area contributed by atoms with Crippen molar-refractivity contribution in [3.8, 4) is 11.8 Å². The number of piperidine rings is 1. The van der Waals surface area contributed by atoms with Gasteiger partial charge in [0.05, 0.1) is 6.54 Å². The Morgan fingerprint density at radius 1 is 1.15 bits per heavy atom. The van der Waals surface area contributed by atoms with Gasteiger partial charge in [0.15, 0.2) is 0 Å². The van der Waals surface area contributed by atoms with E-state index in [1.165, 1.54) is 11.3 Å². The Hall–Kier alpha value is -2.14. The highest BCUT2D eigenvalue weighted by molar-refractivity contribution is 7.91. The second kappa shape index (κ2) is 8.70. The summed E-state index contributed by atoms with van der Waals surface area (Å²) in [7, 11) is -3.51. The van der Waals surface area contributed by atoms with Crippen LogP contribution in [0.25, 0.3) is 0 Å². The van der Waals surface area contributed by atoms with Gasteiger partial charge in [0.2, 0.25) is 5.91 Å². The smallest absolute Gasteiger partial charge is 0.250 e. The fourth-order valence-electron chi connectivity index (χ4n) is 2.84. The summed E-state index contributed by atoms with van der Waals surface area (Å²) in [5.41, 5.74) is 1.67. The van der Waals surface area contributed by atoms with Gasteiger partial charge in [-0.05, 0) is 55.7 Å². The molecule has 2 aromatic rings. The van der Waals surface area contributed by atoms with E-state index in [2.05, 4.69) is 16.6 Å². The van der Waals surface area contributed by atoms with Gasteiger partial charge in [0.25, 0.3) is 10.0 Å². The molecular formula is C20H22N2O3S2. The molecule has 1 fully saturated rings. The number of rotatable bonds is 5. The van der Waals surface area contributed by atoms with Gasteiger partial charge in [0, 0.05) is 29.1 Å². The topological polar surface area (TPSA) is 66.5 Å². The van der Waals surface area contributed by atoms with Crippen LogP contribution in [-0.4, -0.2) is 27.4 Å². The third-order valence-electron chi connectivity index (χ3n) is 4.34. The average molecular weight is 403 g/mol. The number of benzene rings is 1. The predicted molar refractivity (Wildman–Crippen MR) is 108 cm³/mol. The lowest BCUT2D eigenvalue weighted by Gasteiger charge is -2.26. The number of hydrogen-bond donors (Lipinski definition) is 1. The van der Waals surface area contributed by atoms with Crippen LogP contribution in [0.1, 0.15) is 36.6 Å². The molecule has 3 rings (SSSR count). The monoisotopic (exact) mass is 402 g/mol. The van der Waals surface area contributed by atoms with Crippen LogP contribution in [0.15, 0.2) is 40.6 Å². The number of sulfonamides is 1. The minimum Gasteiger partial charge on any atom is -0.312 e. The molecule has 1 aliphatic rings. The summed E-state index contributed by atoms with van der Waals surface area (Å²) in [5.74, 6) is 5.95. The number of anilines is 1. The Morgan fingerprint density at radius 3 is 2.59 bits per heavy atom. The molecule has 7 heteroatoms. The van der Waals surface area contributed by atoms with E-state index >= 15 is 0 Å². The number of amides is 1. The highest BCUT2D eigenvalue weighted by Gasteiger charge is 2.19. The standard InChI is InChI=1S/C20H22N2O3S2/c1-2-18-12-13-20(26-18)27(24,25)21-14-5-6-16-8-10-17(11-9-16)22-15-4-3-7-19(22)23/h8-13,21H,2-4,7,14-15H2,1H3. The van der Waals surface area contributed by atoms with E-state index in [0.717, 1.165) is 41.9 Å². The predicted octanol–water partition coefficient (Wildman–Crippen LogP) is 3.16. The molecule has 1 aliphatic heterocycles. The first-order valence-electron chi connectivity index (χ1n) is 8.97. The number of nitrogens with zero attached hydrogens (tertiary/aromatic N) is 1. The lowest BCUT2D eigenvalue weighted by molar-refractivity contribution is -0.119. The van der Waals surface area contributed by atoms with E-state index in [-0.39, 0.29) is 12.5 Å². The highest BCUT2D eigenvalue weighted by Crippen LogP contribution is 2.22. The molecule has 1 aromatic heterocycles. The Bertz CT molecular complexity index is 967. The summed E-state index contributed by atoms with van der Waals surface area (Å²) in [5, 5.41) is 0. The second-order valence-corrected chi connectivity index (χ2v) is 9.41. The number of nitrogens with one attached hydrogen (secondary N) is 1. The SMILES string of the molecule is CCc1ccc(S(=O)(=O)NCC#Cc2ccc(N3CCCCC3=O)cc2)s1. The van der Waals surface area contributed by atoms with Crippen molar-refractivity contribution in [2.75, 3.05) is 18.0 Å². The second-order valence-electron chi connectivity index (χ2n) is 6.25. The van der Waals surface area contributed by atoms with Crippen LogP contribution in [0.4, 0.5) is 5.69 Å². The van der Waals surface area contributed by atoms with Crippen molar-refractivity contribution in [1.82, 2.24) is 4.72 Å². The third-order valence-corrected chi connectivity index (χ3v) is 7.46. The van der Waals surface area contributed by atoms with Gasteiger partial charge >= 0.3 is 0 Å². The van der Waals surface area contributed by atoms with Crippen LogP contribution in [-0.2, 0) is 21.2 Å². The zero-order chi connectivity index (χ0) is 19.3. The molecule has 0 radical (unpaired) electrons. The molecule has 0 unspecified atom stereocenters. The first-order valence-corrected chi connectivity index (χ1v) is 11.3. The molecule has 1 N–H and O–H groups in total. The number of carbonyl (C=O) groups excluding carboxylic acids is 1. The maximum Gasteiger partial charge on any atom is 0.250 e. The molecule has 5 nitrogen and oxygen atoms in total. The quantitative estimate of drug-likeness (QED) is 0.782.